The zero-order valence-corrected chi connectivity index (χ0v) is 11.8. The fourth-order valence-corrected chi connectivity index (χ4v) is 2.48. The number of aromatic nitrogens is 3. The molecule has 0 radical (unpaired) electrons. The lowest BCUT2D eigenvalue weighted by atomic mass is 10.1. The van der Waals surface area contributed by atoms with Gasteiger partial charge in [0.1, 0.15) is 18.1 Å². The van der Waals surface area contributed by atoms with Crippen molar-refractivity contribution in [1.82, 2.24) is 15.0 Å². The van der Waals surface area contributed by atoms with Crippen molar-refractivity contribution in [1.29, 1.82) is 5.26 Å². The molecule has 0 aromatic carbocycles. The molecule has 3 heterocycles. The van der Waals surface area contributed by atoms with Crippen molar-refractivity contribution in [3.63, 3.8) is 0 Å². The molecule has 7 heteroatoms. The van der Waals surface area contributed by atoms with Gasteiger partial charge in [0.15, 0.2) is 0 Å². The minimum absolute atomic E-state index is 0.134. The number of hydrogen-bond donors (Lipinski definition) is 0. The first-order valence-electron chi connectivity index (χ1n) is 6.45. The summed E-state index contributed by atoms with van der Waals surface area (Å²) in [5.74, 6) is 0.515. The van der Waals surface area contributed by atoms with Crippen molar-refractivity contribution in [3.8, 4) is 17.3 Å². The summed E-state index contributed by atoms with van der Waals surface area (Å²) in [4.78, 5) is 14.0. The number of nitrogens with zero attached hydrogens (tertiary/aromatic N) is 5. The van der Waals surface area contributed by atoms with Gasteiger partial charge in [0.25, 0.3) is 0 Å². The third-order valence-electron chi connectivity index (χ3n) is 3.34. The molecule has 1 saturated heterocycles. The Labute approximate surface area is 126 Å². The van der Waals surface area contributed by atoms with Crippen molar-refractivity contribution in [3.05, 3.63) is 35.4 Å². The van der Waals surface area contributed by atoms with Gasteiger partial charge in [0.2, 0.25) is 5.28 Å². The minimum Gasteiger partial charge on any atom is -0.352 e. The van der Waals surface area contributed by atoms with Crippen molar-refractivity contribution in [2.24, 2.45) is 0 Å². The molecule has 5 nitrogen and oxygen atoms in total. The molecule has 2 aromatic heterocycles. The van der Waals surface area contributed by atoms with Crippen LogP contribution in [-0.2, 0) is 0 Å². The van der Waals surface area contributed by atoms with Gasteiger partial charge in [-0.3, -0.25) is 0 Å². The molecular formula is C14H11ClFN5. The second-order valence-corrected chi connectivity index (χ2v) is 5.09. The molecule has 1 aliphatic rings. The first-order chi connectivity index (χ1) is 10.2. The average Bonchev–Trinajstić information content (AvgIpc) is 2.93. The first kappa shape index (κ1) is 13.7. The Bertz CT molecular complexity index is 715. The van der Waals surface area contributed by atoms with E-state index in [1.807, 2.05) is 0 Å². The van der Waals surface area contributed by atoms with Crippen LogP contribution in [0, 0.1) is 11.3 Å². The van der Waals surface area contributed by atoms with Gasteiger partial charge in [-0.15, -0.1) is 0 Å². The van der Waals surface area contributed by atoms with Crippen LogP contribution in [0.15, 0.2) is 24.5 Å². The largest absolute Gasteiger partial charge is 0.352 e. The maximum atomic E-state index is 13.3. The molecule has 1 unspecified atom stereocenters. The molecule has 0 saturated carbocycles. The molecule has 3 rings (SSSR count). The molecule has 0 aliphatic carbocycles. The normalized spacial score (nSPS) is 17.8. The number of pyridine rings is 1. The summed E-state index contributed by atoms with van der Waals surface area (Å²) in [7, 11) is 0. The lowest BCUT2D eigenvalue weighted by Gasteiger charge is -2.17. The van der Waals surface area contributed by atoms with Crippen LogP contribution in [0.25, 0.3) is 11.3 Å². The molecular weight excluding hydrogens is 293 g/mol. The van der Waals surface area contributed by atoms with Crippen molar-refractivity contribution in [2.75, 3.05) is 18.0 Å². The average molecular weight is 304 g/mol. The molecule has 0 spiro atoms. The van der Waals surface area contributed by atoms with Gasteiger partial charge in [0.05, 0.1) is 17.8 Å². The van der Waals surface area contributed by atoms with Crippen molar-refractivity contribution < 1.29 is 4.39 Å². The van der Waals surface area contributed by atoms with Crippen LogP contribution in [0.1, 0.15) is 12.0 Å². The van der Waals surface area contributed by atoms with E-state index in [0.29, 0.717) is 35.6 Å². The standard InChI is InChI=1S/C14H11ClFN5/c15-14-18-3-1-12(20-14)10-5-9(6-17)13(19-7-10)21-4-2-11(16)8-21/h1,3,5,7,11H,2,4,8H2. The van der Waals surface area contributed by atoms with Crippen LogP contribution < -0.4 is 4.90 Å². The van der Waals surface area contributed by atoms with Gasteiger partial charge in [-0.25, -0.2) is 19.3 Å². The third kappa shape index (κ3) is 2.78. The Morgan fingerprint density at radius 3 is 2.95 bits per heavy atom. The van der Waals surface area contributed by atoms with Crippen LogP contribution in [-0.4, -0.2) is 34.2 Å². The van der Waals surface area contributed by atoms with E-state index < -0.39 is 6.17 Å². The molecule has 1 aliphatic heterocycles. The zero-order valence-electron chi connectivity index (χ0n) is 11.0. The fourth-order valence-electron chi connectivity index (χ4n) is 2.34. The Morgan fingerprint density at radius 1 is 1.43 bits per heavy atom. The van der Waals surface area contributed by atoms with E-state index >= 15 is 0 Å². The molecule has 106 valence electrons. The van der Waals surface area contributed by atoms with Crippen LogP contribution in [0.5, 0.6) is 0 Å². The van der Waals surface area contributed by atoms with Crippen molar-refractivity contribution in [2.45, 2.75) is 12.6 Å². The second kappa shape index (κ2) is 5.62. The van der Waals surface area contributed by atoms with E-state index in [9.17, 15) is 9.65 Å². The highest BCUT2D eigenvalue weighted by Gasteiger charge is 2.25. The van der Waals surface area contributed by atoms with Gasteiger partial charge >= 0.3 is 0 Å². The van der Waals surface area contributed by atoms with E-state index in [1.54, 1.807) is 29.4 Å². The van der Waals surface area contributed by atoms with Gasteiger partial charge in [-0.05, 0) is 30.2 Å². The monoisotopic (exact) mass is 303 g/mol. The predicted octanol–water partition coefficient (Wildman–Crippen LogP) is 2.61. The van der Waals surface area contributed by atoms with Crippen LogP contribution in [0.4, 0.5) is 10.2 Å². The SMILES string of the molecule is N#Cc1cc(-c2ccnc(Cl)n2)cnc1N1CCC(F)C1. The fraction of sp³-hybridized carbons (Fsp3) is 0.286. The molecule has 0 N–H and O–H groups in total. The van der Waals surface area contributed by atoms with E-state index in [-0.39, 0.29) is 11.8 Å². The number of halogens is 2. The maximum absolute atomic E-state index is 13.3. The summed E-state index contributed by atoms with van der Waals surface area (Å²) in [5, 5.41) is 9.44. The van der Waals surface area contributed by atoms with Gasteiger partial charge in [0, 0.05) is 24.5 Å². The van der Waals surface area contributed by atoms with E-state index in [4.69, 9.17) is 11.6 Å². The highest BCUT2D eigenvalue weighted by molar-refractivity contribution is 6.28. The van der Waals surface area contributed by atoms with Gasteiger partial charge < -0.3 is 4.90 Å². The van der Waals surface area contributed by atoms with Crippen LogP contribution in [0.3, 0.4) is 0 Å². The second-order valence-electron chi connectivity index (χ2n) is 4.75. The van der Waals surface area contributed by atoms with Crippen LogP contribution in [0.2, 0.25) is 5.28 Å². The lowest BCUT2D eigenvalue weighted by Crippen LogP contribution is -2.22. The molecule has 1 atom stereocenters. The number of alkyl halides is 1. The summed E-state index contributed by atoms with van der Waals surface area (Å²) < 4.78 is 13.3. The number of nitriles is 1. The summed E-state index contributed by atoms with van der Waals surface area (Å²) >= 11 is 5.76. The number of rotatable bonds is 2. The Hall–Kier alpha value is -2.26. The first-order valence-corrected chi connectivity index (χ1v) is 6.83. The van der Waals surface area contributed by atoms with Crippen molar-refractivity contribution >= 4 is 17.4 Å². The number of hydrogen-bond acceptors (Lipinski definition) is 5. The third-order valence-corrected chi connectivity index (χ3v) is 3.52. The van der Waals surface area contributed by atoms with Crippen LogP contribution >= 0.6 is 11.6 Å². The summed E-state index contributed by atoms with van der Waals surface area (Å²) in [5.41, 5.74) is 1.67. The molecule has 2 aromatic rings. The highest BCUT2D eigenvalue weighted by Crippen LogP contribution is 2.27. The summed E-state index contributed by atoms with van der Waals surface area (Å²) in [6.07, 6.45) is 2.76. The van der Waals surface area contributed by atoms with Gasteiger partial charge in [-0.2, -0.15) is 5.26 Å². The quantitative estimate of drug-likeness (QED) is 0.798. The molecule has 0 amide bonds. The maximum Gasteiger partial charge on any atom is 0.222 e. The lowest BCUT2D eigenvalue weighted by molar-refractivity contribution is 0.364. The van der Waals surface area contributed by atoms with E-state index in [1.165, 1.54) is 0 Å². The highest BCUT2D eigenvalue weighted by atomic mass is 35.5. The Balaban J connectivity index is 1.98. The van der Waals surface area contributed by atoms with E-state index in [2.05, 4.69) is 21.0 Å². The van der Waals surface area contributed by atoms with E-state index in [0.717, 1.165) is 0 Å². The summed E-state index contributed by atoms with van der Waals surface area (Å²) in [6.45, 7) is 0.849. The summed E-state index contributed by atoms with van der Waals surface area (Å²) in [6, 6.07) is 5.49. The Morgan fingerprint density at radius 2 is 2.29 bits per heavy atom. The molecule has 21 heavy (non-hydrogen) atoms. The smallest absolute Gasteiger partial charge is 0.222 e. The van der Waals surface area contributed by atoms with Gasteiger partial charge in [-0.1, -0.05) is 0 Å². The molecule has 0 bridgehead atoms. The predicted molar refractivity (Wildman–Crippen MR) is 76.7 cm³/mol. The number of anilines is 1. The minimum atomic E-state index is -0.862. The topological polar surface area (TPSA) is 65.7 Å². The Kier molecular flexibility index (Phi) is 3.67. The molecule has 1 fully saturated rings. The zero-order chi connectivity index (χ0) is 14.8.